The molecule has 2 atom stereocenters. The maximum Gasteiger partial charge on any atom is 0.119 e. The number of para-hydroxylation sites is 1. The molecule has 140 valence electrons. The van der Waals surface area contributed by atoms with E-state index < -0.39 is 5.60 Å². The van der Waals surface area contributed by atoms with Crippen molar-refractivity contribution >= 4 is 5.69 Å². The molecule has 0 amide bonds. The maximum atomic E-state index is 10.8. The zero-order valence-corrected chi connectivity index (χ0v) is 16.0. The fraction of sp³-hybridized carbons (Fsp3) is 0.478. The van der Waals surface area contributed by atoms with Crippen LogP contribution in [0.15, 0.2) is 48.5 Å². The van der Waals surface area contributed by atoms with Crippen LogP contribution < -0.4 is 10.1 Å². The molecule has 1 aliphatic rings. The average Bonchev–Trinajstić information content (AvgIpc) is 2.66. The molecule has 2 aromatic carbocycles. The van der Waals surface area contributed by atoms with E-state index in [0.29, 0.717) is 12.6 Å². The first-order chi connectivity index (χ1) is 12.6. The first kappa shape index (κ1) is 18.8. The Balaban J connectivity index is 1.57. The zero-order valence-electron chi connectivity index (χ0n) is 16.0. The monoisotopic (exact) mass is 353 g/mol. The number of rotatable bonds is 8. The number of nitrogens with one attached hydrogen (secondary N) is 1. The second kappa shape index (κ2) is 8.59. The van der Waals surface area contributed by atoms with E-state index in [4.69, 9.17) is 4.74 Å². The lowest BCUT2D eigenvalue weighted by Crippen LogP contribution is -2.31. The van der Waals surface area contributed by atoms with Gasteiger partial charge in [-0.1, -0.05) is 56.5 Å². The molecule has 2 aromatic rings. The number of benzene rings is 2. The summed E-state index contributed by atoms with van der Waals surface area (Å²) in [6, 6.07) is 16.7. The molecule has 2 unspecified atom stereocenters. The molecule has 3 nitrogen and oxygen atoms in total. The molecule has 26 heavy (non-hydrogen) atoms. The van der Waals surface area contributed by atoms with Gasteiger partial charge in [0.2, 0.25) is 0 Å². The van der Waals surface area contributed by atoms with Gasteiger partial charge in [0.25, 0.3) is 0 Å². The number of anilines is 1. The maximum absolute atomic E-state index is 10.8. The summed E-state index contributed by atoms with van der Waals surface area (Å²) < 4.78 is 6.05. The SMILES string of the molecule is CCCCCC(C)(O)c1cccc(OCC2CCc3ccccc3N2)c1. The summed E-state index contributed by atoms with van der Waals surface area (Å²) in [6.07, 6.45) is 6.30. The Kier molecular flexibility index (Phi) is 6.20. The van der Waals surface area contributed by atoms with Crippen LogP contribution in [0.2, 0.25) is 0 Å². The minimum atomic E-state index is -0.795. The smallest absolute Gasteiger partial charge is 0.119 e. The normalized spacial score (nSPS) is 18.5. The molecule has 0 aromatic heterocycles. The van der Waals surface area contributed by atoms with Gasteiger partial charge in [-0.2, -0.15) is 0 Å². The van der Waals surface area contributed by atoms with Crippen molar-refractivity contribution in [2.24, 2.45) is 0 Å². The summed E-state index contributed by atoms with van der Waals surface area (Å²) in [6.45, 7) is 4.72. The number of aryl methyl sites for hydroxylation is 1. The minimum Gasteiger partial charge on any atom is -0.491 e. The van der Waals surface area contributed by atoms with Crippen molar-refractivity contribution in [2.75, 3.05) is 11.9 Å². The van der Waals surface area contributed by atoms with E-state index in [0.717, 1.165) is 49.8 Å². The fourth-order valence-electron chi connectivity index (χ4n) is 3.61. The Morgan fingerprint density at radius 3 is 2.85 bits per heavy atom. The Bertz CT molecular complexity index is 711. The van der Waals surface area contributed by atoms with Gasteiger partial charge in [0.05, 0.1) is 11.6 Å². The number of unbranched alkanes of at least 4 members (excludes halogenated alkanes) is 2. The van der Waals surface area contributed by atoms with Crippen molar-refractivity contribution in [1.82, 2.24) is 0 Å². The van der Waals surface area contributed by atoms with E-state index in [9.17, 15) is 5.11 Å². The Morgan fingerprint density at radius 2 is 2.00 bits per heavy atom. The average molecular weight is 354 g/mol. The highest BCUT2D eigenvalue weighted by atomic mass is 16.5. The van der Waals surface area contributed by atoms with E-state index in [1.165, 1.54) is 11.3 Å². The zero-order chi connectivity index (χ0) is 18.4. The summed E-state index contributed by atoms with van der Waals surface area (Å²) in [5.41, 5.74) is 2.75. The van der Waals surface area contributed by atoms with Gasteiger partial charge in [0.1, 0.15) is 12.4 Å². The summed E-state index contributed by atoms with van der Waals surface area (Å²) in [5.74, 6) is 0.832. The first-order valence-electron chi connectivity index (χ1n) is 9.88. The lowest BCUT2D eigenvalue weighted by molar-refractivity contribution is 0.0447. The van der Waals surface area contributed by atoms with Crippen LogP contribution in [0.1, 0.15) is 57.1 Å². The topological polar surface area (TPSA) is 41.5 Å². The van der Waals surface area contributed by atoms with Crippen LogP contribution >= 0.6 is 0 Å². The molecule has 1 aliphatic heterocycles. The third kappa shape index (κ3) is 4.79. The molecule has 0 radical (unpaired) electrons. The largest absolute Gasteiger partial charge is 0.491 e. The molecule has 3 rings (SSSR count). The Labute approximate surface area is 157 Å². The van der Waals surface area contributed by atoms with E-state index in [1.54, 1.807) is 0 Å². The fourth-order valence-corrected chi connectivity index (χ4v) is 3.61. The second-order valence-electron chi connectivity index (χ2n) is 7.61. The van der Waals surface area contributed by atoms with Crippen LogP contribution in [-0.4, -0.2) is 17.8 Å². The number of fused-ring (bicyclic) bond motifs is 1. The molecule has 0 bridgehead atoms. The van der Waals surface area contributed by atoms with Crippen molar-refractivity contribution in [3.63, 3.8) is 0 Å². The Hall–Kier alpha value is -2.00. The summed E-state index contributed by atoms with van der Waals surface area (Å²) in [5, 5.41) is 14.4. The molecule has 0 fully saturated rings. The van der Waals surface area contributed by atoms with E-state index in [1.807, 2.05) is 31.2 Å². The number of aliphatic hydroxyl groups is 1. The molecule has 2 N–H and O–H groups in total. The molecule has 3 heteroatoms. The highest BCUT2D eigenvalue weighted by Gasteiger charge is 2.23. The quantitative estimate of drug-likeness (QED) is 0.634. The van der Waals surface area contributed by atoms with Gasteiger partial charge in [-0.25, -0.2) is 0 Å². The molecule has 0 aliphatic carbocycles. The summed E-state index contributed by atoms with van der Waals surface area (Å²) in [4.78, 5) is 0. The number of ether oxygens (including phenoxy) is 1. The van der Waals surface area contributed by atoms with Crippen LogP contribution in [0, 0.1) is 0 Å². The van der Waals surface area contributed by atoms with Gasteiger partial charge in [-0.3, -0.25) is 0 Å². The van der Waals surface area contributed by atoms with Gasteiger partial charge >= 0.3 is 0 Å². The van der Waals surface area contributed by atoms with Crippen LogP contribution in [-0.2, 0) is 12.0 Å². The van der Waals surface area contributed by atoms with Gasteiger partial charge in [0.15, 0.2) is 0 Å². The van der Waals surface area contributed by atoms with Crippen molar-refractivity contribution in [3.05, 3.63) is 59.7 Å². The van der Waals surface area contributed by atoms with Gasteiger partial charge in [-0.05, 0) is 55.5 Å². The predicted octanol–water partition coefficient (Wildman–Crippen LogP) is 5.28. The van der Waals surface area contributed by atoms with E-state index >= 15 is 0 Å². The molecular weight excluding hydrogens is 322 g/mol. The third-order valence-electron chi connectivity index (χ3n) is 5.31. The van der Waals surface area contributed by atoms with Crippen molar-refractivity contribution in [1.29, 1.82) is 0 Å². The van der Waals surface area contributed by atoms with Gasteiger partial charge in [0, 0.05) is 5.69 Å². The molecule has 0 saturated carbocycles. The number of hydrogen-bond donors (Lipinski definition) is 2. The van der Waals surface area contributed by atoms with Crippen LogP contribution in [0.3, 0.4) is 0 Å². The highest BCUT2D eigenvalue weighted by molar-refractivity contribution is 5.53. The third-order valence-corrected chi connectivity index (χ3v) is 5.31. The van der Waals surface area contributed by atoms with Crippen molar-refractivity contribution in [2.45, 2.75) is 64.0 Å². The Morgan fingerprint density at radius 1 is 1.15 bits per heavy atom. The number of hydrogen-bond acceptors (Lipinski definition) is 3. The first-order valence-corrected chi connectivity index (χ1v) is 9.88. The molecule has 0 saturated heterocycles. The van der Waals surface area contributed by atoms with Crippen LogP contribution in [0.4, 0.5) is 5.69 Å². The second-order valence-corrected chi connectivity index (χ2v) is 7.61. The predicted molar refractivity (Wildman–Crippen MR) is 108 cm³/mol. The summed E-state index contributed by atoms with van der Waals surface area (Å²) >= 11 is 0. The van der Waals surface area contributed by atoms with E-state index in [-0.39, 0.29) is 0 Å². The lowest BCUT2D eigenvalue weighted by atomic mass is 9.90. The molecular formula is C23H31NO2. The van der Waals surface area contributed by atoms with Gasteiger partial charge < -0.3 is 15.2 Å². The highest BCUT2D eigenvalue weighted by Crippen LogP contribution is 2.30. The van der Waals surface area contributed by atoms with Crippen LogP contribution in [0.5, 0.6) is 5.75 Å². The minimum absolute atomic E-state index is 0.318. The molecule has 0 spiro atoms. The van der Waals surface area contributed by atoms with Crippen molar-refractivity contribution < 1.29 is 9.84 Å². The lowest BCUT2D eigenvalue weighted by Gasteiger charge is -2.27. The standard InChI is InChI=1S/C23H31NO2/c1-3-4-7-15-23(2,25)19-10-8-11-21(16-19)26-17-20-14-13-18-9-5-6-12-22(18)24-20/h5-6,8-12,16,20,24-25H,3-4,7,13-15,17H2,1-2H3. The molecule has 1 heterocycles. The van der Waals surface area contributed by atoms with Gasteiger partial charge in [-0.15, -0.1) is 0 Å². The van der Waals surface area contributed by atoms with Crippen molar-refractivity contribution in [3.8, 4) is 5.75 Å². The van der Waals surface area contributed by atoms with E-state index in [2.05, 4.69) is 36.5 Å². The van der Waals surface area contributed by atoms with Crippen LogP contribution in [0.25, 0.3) is 0 Å². The summed E-state index contributed by atoms with van der Waals surface area (Å²) in [7, 11) is 0.